The van der Waals surface area contributed by atoms with Crippen molar-refractivity contribution in [3.8, 4) is 5.75 Å². The second kappa shape index (κ2) is 7.22. The van der Waals surface area contributed by atoms with Crippen LogP contribution in [-0.4, -0.2) is 16.0 Å². The fourth-order valence-electron chi connectivity index (χ4n) is 3.55. The van der Waals surface area contributed by atoms with Gasteiger partial charge < -0.3 is 9.52 Å². The SMILES string of the molecule is Cc1c(O)ccc2c(CN(Cc3ccc(C(F)(F)F)cc3)C3CC3)cc(=O)oc12. The molecule has 0 saturated heterocycles. The Balaban J connectivity index is 1.63. The van der Waals surface area contributed by atoms with Crippen molar-refractivity contribution in [2.24, 2.45) is 0 Å². The van der Waals surface area contributed by atoms with Crippen LogP contribution < -0.4 is 5.63 Å². The molecule has 0 spiro atoms. The van der Waals surface area contributed by atoms with Crippen LogP contribution in [0.2, 0.25) is 0 Å². The number of benzene rings is 2. The van der Waals surface area contributed by atoms with E-state index in [1.807, 2.05) is 0 Å². The summed E-state index contributed by atoms with van der Waals surface area (Å²) in [5.74, 6) is 0.0570. The first-order chi connectivity index (χ1) is 13.7. The number of hydrogen-bond donors (Lipinski definition) is 1. The average Bonchev–Trinajstić information content (AvgIpc) is 3.49. The molecule has 1 aliphatic rings. The van der Waals surface area contributed by atoms with Gasteiger partial charge in [0.05, 0.1) is 5.56 Å². The zero-order valence-corrected chi connectivity index (χ0v) is 15.8. The molecule has 152 valence electrons. The van der Waals surface area contributed by atoms with Crippen LogP contribution in [0.1, 0.15) is 35.1 Å². The minimum atomic E-state index is -4.35. The molecule has 0 aliphatic heterocycles. The molecular formula is C22H20F3NO3. The lowest BCUT2D eigenvalue weighted by molar-refractivity contribution is -0.137. The molecule has 1 aliphatic carbocycles. The first-order valence-corrected chi connectivity index (χ1v) is 9.38. The number of halogens is 3. The van der Waals surface area contributed by atoms with Gasteiger partial charge >= 0.3 is 11.8 Å². The highest BCUT2D eigenvalue weighted by Gasteiger charge is 2.31. The molecule has 1 aromatic heterocycles. The summed E-state index contributed by atoms with van der Waals surface area (Å²) in [6, 6.07) is 10.3. The first-order valence-electron chi connectivity index (χ1n) is 9.38. The highest BCUT2D eigenvalue weighted by molar-refractivity contribution is 5.84. The van der Waals surface area contributed by atoms with E-state index in [-0.39, 0.29) is 5.75 Å². The van der Waals surface area contributed by atoms with E-state index in [1.54, 1.807) is 19.1 Å². The normalized spacial score (nSPS) is 14.7. The summed E-state index contributed by atoms with van der Waals surface area (Å²) >= 11 is 0. The van der Waals surface area contributed by atoms with Gasteiger partial charge in [-0.05, 0) is 55.2 Å². The number of fused-ring (bicyclic) bond motifs is 1. The van der Waals surface area contributed by atoms with Gasteiger partial charge in [-0.1, -0.05) is 12.1 Å². The molecule has 0 bridgehead atoms. The smallest absolute Gasteiger partial charge is 0.416 e. The molecule has 0 atom stereocenters. The summed E-state index contributed by atoms with van der Waals surface area (Å²) in [6.07, 6.45) is -2.32. The number of hydrogen-bond acceptors (Lipinski definition) is 4. The highest BCUT2D eigenvalue weighted by Crippen LogP contribution is 2.34. The molecular weight excluding hydrogens is 383 g/mol. The van der Waals surface area contributed by atoms with E-state index in [0.717, 1.165) is 41.5 Å². The third-order valence-corrected chi connectivity index (χ3v) is 5.32. The van der Waals surface area contributed by atoms with Gasteiger partial charge in [-0.2, -0.15) is 13.2 Å². The minimum absolute atomic E-state index is 0.0570. The van der Waals surface area contributed by atoms with Gasteiger partial charge in [-0.15, -0.1) is 0 Å². The molecule has 0 unspecified atom stereocenters. The average molecular weight is 403 g/mol. The van der Waals surface area contributed by atoms with E-state index in [2.05, 4.69) is 4.90 Å². The van der Waals surface area contributed by atoms with Gasteiger partial charge in [0.1, 0.15) is 11.3 Å². The van der Waals surface area contributed by atoms with E-state index in [9.17, 15) is 23.1 Å². The Morgan fingerprint density at radius 1 is 1.10 bits per heavy atom. The van der Waals surface area contributed by atoms with Gasteiger partial charge in [-0.3, -0.25) is 4.90 Å². The fraction of sp³-hybridized carbons (Fsp3) is 0.318. The summed E-state index contributed by atoms with van der Waals surface area (Å²) < 4.78 is 43.7. The van der Waals surface area contributed by atoms with Crippen LogP contribution in [-0.2, 0) is 19.3 Å². The van der Waals surface area contributed by atoms with E-state index < -0.39 is 17.4 Å². The standard InChI is InChI=1S/C22H20F3NO3/c1-13-19(27)9-8-18-15(10-20(28)29-21(13)18)12-26(17-6-7-17)11-14-2-4-16(5-3-14)22(23,24)25/h2-5,8-10,17,27H,6-7,11-12H2,1H3. The van der Waals surface area contributed by atoms with Gasteiger partial charge in [0.15, 0.2) is 0 Å². The van der Waals surface area contributed by atoms with Gasteiger partial charge in [0, 0.05) is 36.1 Å². The van der Waals surface area contributed by atoms with Crippen LogP contribution in [0.25, 0.3) is 11.0 Å². The predicted molar refractivity (Wildman–Crippen MR) is 103 cm³/mol. The fourth-order valence-corrected chi connectivity index (χ4v) is 3.55. The molecule has 0 amide bonds. The van der Waals surface area contributed by atoms with Crippen LogP contribution in [0.5, 0.6) is 5.75 Å². The summed E-state index contributed by atoms with van der Waals surface area (Å²) in [6.45, 7) is 2.64. The lowest BCUT2D eigenvalue weighted by Gasteiger charge is -2.23. The number of phenolic OH excluding ortho intramolecular Hbond substituents is 1. The second-order valence-electron chi connectivity index (χ2n) is 7.51. The van der Waals surface area contributed by atoms with E-state index in [4.69, 9.17) is 4.42 Å². The molecule has 29 heavy (non-hydrogen) atoms. The van der Waals surface area contributed by atoms with Gasteiger partial charge in [-0.25, -0.2) is 4.79 Å². The van der Waals surface area contributed by atoms with E-state index in [0.29, 0.717) is 30.3 Å². The summed E-state index contributed by atoms with van der Waals surface area (Å²) in [5, 5.41) is 10.6. The number of rotatable bonds is 5. The third kappa shape index (κ3) is 4.15. The van der Waals surface area contributed by atoms with Crippen molar-refractivity contribution >= 4 is 11.0 Å². The van der Waals surface area contributed by atoms with Crippen molar-refractivity contribution in [2.75, 3.05) is 0 Å². The van der Waals surface area contributed by atoms with Crippen LogP contribution >= 0.6 is 0 Å². The topological polar surface area (TPSA) is 53.7 Å². The van der Waals surface area contributed by atoms with Crippen molar-refractivity contribution < 1.29 is 22.7 Å². The lowest BCUT2D eigenvalue weighted by Crippen LogP contribution is -2.25. The van der Waals surface area contributed by atoms with Crippen LogP contribution in [0, 0.1) is 6.92 Å². The van der Waals surface area contributed by atoms with Crippen molar-refractivity contribution in [2.45, 2.75) is 45.1 Å². The largest absolute Gasteiger partial charge is 0.508 e. The Morgan fingerprint density at radius 2 is 1.79 bits per heavy atom. The monoisotopic (exact) mass is 403 g/mol. The van der Waals surface area contributed by atoms with Crippen LogP contribution in [0.3, 0.4) is 0 Å². The molecule has 7 heteroatoms. The Kier molecular flexibility index (Phi) is 4.86. The number of aryl methyl sites for hydroxylation is 1. The number of alkyl halides is 3. The maximum Gasteiger partial charge on any atom is 0.416 e. The van der Waals surface area contributed by atoms with Crippen molar-refractivity contribution in [1.82, 2.24) is 4.90 Å². The molecule has 0 radical (unpaired) electrons. The number of phenols is 1. The van der Waals surface area contributed by atoms with E-state index in [1.165, 1.54) is 18.2 Å². The summed E-state index contributed by atoms with van der Waals surface area (Å²) in [5.41, 5.74) is 1.26. The molecule has 1 heterocycles. The van der Waals surface area contributed by atoms with Crippen molar-refractivity contribution in [3.05, 3.63) is 75.1 Å². The Labute approximate surface area is 165 Å². The number of aromatic hydroxyl groups is 1. The summed E-state index contributed by atoms with van der Waals surface area (Å²) in [4.78, 5) is 14.2. The Morgan fingerprint density at radius 3 is 2.41 bits per heavy atom. The first kappa shape index (κ1) is 19.5. The number of nitrogens with zero attached hydrogens (tertiary/aromatic N) is 1. The zero-order valence-electron chi connectivity index (χ0n) is 15.8. The molecule has 4 rings (SSSR count). The van der Waals surface area contributed by atoms with Crippen molar-refractivity contribution in [1.29, 1.82) is 0 Å². The molecule has 1 fully saturated rings. The molecule has 4 nitrogen and oxygen atoms in total. The Hall–Kier alpha value is -2.80. The predicted octanol–water partition coefficient (Wildman–Crippen LogP) is 4.99. The van der Waals surface area contributed by atoms with Gasteiger partial charge in [0.25, 0.3) is 0 Å². The minimum Gasteiger partial charge on any atom is -0.508 e. The molecule has 2 aromatic carbocycles. The molecule has 3 aromatic rings. The van der Waals surface area contributed by atoms with Crippen LogP contribution in [0.15, 0.2) is 51.7 Å². The second-order valence-corrected chi connectivity index (χ2v) is 7.51. The molecule has 1 N–H and O–H groups in total. The highest BCUT2D eigenvalue weighted by atomic mass is 19.4. The van der Waals surface area contributed by atoms with Crippen molar-refractivity contribution in [3.63, 3.8) is 0 Å². The maximum absolute atomic E-state index is 12.8. The third-order valence-electron chi connectivity index (χ3n) is 5.32. The maximum atomic E-state index is 12.8. The Bertz CT molecular complexity index is 1100. The van der Waals surface area contributed by atoms with E-state index >= 15 is 0 Å². The van der Waals surface area contributed by atoms with Crippen LogP contribution in [0.4, 0.5) is 13.2 Å². The zero-order chi connectivity index (χ0) is 20.8. The lowest BCUT2D eigenvalue weighted by atomic mass is 10.1. The molecule has 1 saturated carbocycles. The quantitative estimate of drug-likeness (QED) is 0.610. The summed E-state index contributed by atoms with van der Waals surface area (Å²) in [7, 11) is 0. The van der Waals surface area contributed by atoms with Gasteiger partial charge in [0.2, 0.25) is 0 Å².